The van der Waals surface area contributed by atoms with Crippen molar-refractivity contribution in [3.63, 3.8) is 0 Å². The summed E-state index contributed by atoms with van der Waals surface area (Å²) >= 11 is 5.93. The van der Waals surface area contributed by atoms with E-state index in [4.69, 9.17) is 17.3 Å². The molecule has 0 aliphatic heterocycles. The lowest BCUT2D eigenvalue weighted by Crippen LogP contribution is -1.88. The summed E-state index contributed by atoms with van der Waals surface area (Å²) in [5.74, 6) is 0. The minimum absolute atomic E-state index is 0.677. The molecule has 0 saturated heterocycles. The van der Waals surface area contributed by atoms with Gasteiger partial charge in [-0.1, -0.05) is 29.8 Å². The van der Waals surface area contributed by atoms with Crippen LogP contribution in [0.3, 0.4) is 0 Å². The molecule has 84 valence electrons. The van der Waals surface area contributed by atoms with Crippen LogP contribution in [0.1, 0.15) is 0 Å². The van der Waals surface area contributed by atoms with Gasteiger partial charge < -0.3 is 10.1 Å². The number of nitrogens with zero attached hydrogens (tertiary/aromatic N) is 2. The molecule has 4 heteroatoms. The van der Waals surface area contributed by atoms with Crippen molar-refractivity contribution in [3.8, 4) is 11.3 Å². The molecule has 3 aromatic rings. The Morgan fingerprint density at radius 1 is 1.18 bits per heavy atom. The van der Waals surface area contributed by atoms with E-state index in [1.807, 2.05) is 53.2 Å². The number of hydrogen-bond acceptors (Lipinski definition) is 2. The molecule has 0 saturated carbocycles. The van der Waals surface area contributed by atoms with Gasteiger partial charge in [0.25, 0.3) is 0 Å². The van der Waals surface area contributed by atoms with Crippen LogP contribution in [0.4, 0.5) is 5.69 Å². The number of aromatic nitrogens is 2. The molecule has 3 rings (SSSR count). The quantitative estimate of drug-likeness (QED) is 0.667. The van der Waals surface area contributed by atoms with Crippen LogP contribution in [-0.2, 0) is 0 Å². The van der Waals surface area contributed by atoms with Gasteiger partial charge in [-0.05, 0) is 12.1 Å². The van der Waals surface area contributed by atoms with E-state index in [2.05, 4.69) is 4.98 Å². The van der Waals surface area contributed by atoms with E-state index in [9.17, 15) is 0 Å². The summed E-state index contributed by atoms with van der Waals surface area (Å²) in [5, 5.41) is 0.677. The average molecular weight is 244 g/mol. The van der Waals surface area contributed by atoms with E-state index in [-0.39, 0.29) is 0 Å². The van der Waals surface area contributed by atoms with Crippen molar-refractivity contribution in [1.82, 2.24) is 9.38 Å². The molecule has 17 heavy (non-hydrogen) atoms. The van der Waals surface area contributed by atoms with Crippen LogP contribution < -0.4 is 5.73 Å². The lowest BCUT2D eigenvalue weighted by Gasteiger charge is -1.99. The van der Waals surface area contributed by atoms with Gasteiger partial charge in [-0.25, -0.2) is 4.98 Å². The van der Waals surface area contributed by atoms with Gasteiger partial charge in [-0.15, -0.1) is 0 Å². The van der Waals surface area contributed by atoms with Gasteiger partial charge >= 0.3 is 0 Å². The van der Waals surface area contributed by atoms with E-state index in [0.29, 0.717) is 5.02 Å². The maximum atomic E-state index is 5.93. The summed E-state index contributed by atoms with van der Waals surface area (Å²) in [5.41, 5.74) is 9.26. The molecule has 2 heterocycles. The third kappa shape index (κ3) is 1.74. The third-order valence-electron chi connectivity index (χ3n) is 2.66. The van der Waals surface area contributed by atoms with Gasteiger partial charge in [0.15, 0.2) is 0 Å². The predicted molar refractivity (Wildman–Crippen MR) is 70.1 cm³/mol. The molecule has 2 aromatic heterocycles. The first-order valence-corrected chi connectivity index (χ1v) is 5.61. The second-order valence-electron chi connectivity index (χ2n) is 3.82. The monoisotopic (exact) mass is 243 g/mol. The first kappa shape index (κ1) is 10.2. The van der Waals surface area contributed by atoms with Crippen molar-refractivity contribution in [3.05, 3.63) is 53.8 Å². The molecule has 3 nitrogen and oxygen atoms in total. The predicted octanol–water partition coefficient (Wildman–Crippen LogP) is 3.24. The molecule has 0 amide bonds. The normalized spacial score (nSPS) is 10.9. The fraction of sp³-hybridized carbons (Fsp3) is 0. The van der Waals surface area contributed by atoms with Crippen LogP contribution in [0.15, 0.2) is 48.8 Å². The molecule has 0 aliphatic carbocycles. The Morgan fingerprint density at radius 2 is 2.00 bits per heavy atom. The van der Waals surface area contributed by atoms with Crippen LogP contribution in [0, 0.1) is 0 Å². The van der Waals surface area contributed by atoms with Crippen LogP contribution in [0.2, 0.25) is 5.02 Å². The van der Waals surface area contributed by atoms with E-state index in [1.54, 1.807) is 0 Å². The van der Waals surface area contributed by atoms with Crippen molar-refractivity contribution in [2.75, 3.05) is 5.73 Å². The van der Waals surface area contributed by atoms with Crippen LogP contribution >= 0.6 is 11.6 Å². The molecule has 0 unspecified atom stereocenters. The lowest BCUT2D eigenvalue weighted by molar-refractivity contribution is 1.19. The lowest BCUT2D eigenvalue weighted by atomic mass is 10.1. The highest BCUT2D eigenvalue weighted by atomic mass is 35.5. The Hall–Kier alpha value is -2.00. The highest BCUT2D eigenvalue weighted by Crippen LogP contribution is 2.25. The number of anilines is 1. The largest absolute Gasteiger partial charge is 0.398 e. The van der Waals surface area contributed by atoms with Gasteiger partial charge in [0.05, 0.1) is 5.69 Å². The smallest absolute Gasteiger partial charge is 0.138 e. The average Bonchev–Trinajstić information content (AvgIpc) is 2.72. The summed E-state index contributed by atoms with van der Waals surface area (Å²) in [6, 6.07) is 11.3. The fourth-order valence-electron chi connectivity index (χ4n) is 1.82. The van der Waals surface area contributed by atoms with Crippen molar-refractivity contribution < 1.29 is 0 Å². The van der Waals surface area contributed by atoms with Gasteiger partial charge in [0.1, 0.15) is 5.65 Å². The van der Waals surface area contributed by atoms with Crippen molar-refractivity contribution >= 4 is 22.9 Å². The zero-order valence-electron chi connectivity index (χ0n) is 8.97. The molecule has 0 bridgehead atoms. The topological polar surface area (TPSA) is 43.3 Å². The Kier molecular flexibility index (Phi) is 2.27. The molecule has 1 aromatic carbocycles. The molecule has 0 spiro atoms. The van der Waals surface area contributed by atoms with Gasteiger partial charge in [-0.2, -0.15) is 0 Å². The summed E-state index contributed by atoms with van der Waals surface area (Å²) in [6.07, 6.45) is 3.82. The Balaban J connectivity index is 2.22. The number of nitrogens with two attached hydrogens (primary N) is 1. The van der Waals surface area contributed by atoms with Gasteiger partial charge in [-0.3, -0.25) is 0 Å². The highest BCUT2D eigenvalue weighted by molar-refractivity contribution is 6.30. The number of benzene rings is 1. The summed E-state index contributed by atoms with van der Waals surface area (Å²) in [4.78, 5) is 4.50. The minimum Gasteiger partial charge on any atom is -0.398 e. The van der Waals surface area contributed by atoms with E-state index in [0.717, 1.165) is 22.6 Å². The minimum atomic E-state index is 0.677. The van der Waals surface area contributed by atoms with Crippen LogP contribution in [0.5, 0.6) is 0 Å². The molecule has 0 fully saturated rings. The van der Waals surface area contributed by atoms with E-state index in [1.165, 1.54) is 0 Å². The number of pyridine rings is 1. The van der Waals surface area contributed by atoms with E-state index >= 15 is 0 Å². The fourth-order valence-corrected chi connectivity index (χ4v) is 1.97. The standard InChI is InChI=1S/C13H10ClN3/c14-9-5-6-17-8-12(16-13(17)7-9)10-3-1-2-4-11(10)15/h1-8H,15H2. The second-order valence-corrected chi connectivity index (χ2v) is 4.26. The molecule has 0 radical (unpaired) electrons. The first-order chi connectivity index (χ1) is 8.24. The third-order valence-corrected chi connectivity index (χ3v) is 2.89. The number of halogens is 1. The second kappa shape index (κ2) is 3.79. The van der Waals surface area contributed by atoms with E-state index < -0.39 is 0 Å². The molecular formula is C13H10ClN3. The SMILES string of the molecule is Nc1ccccc1-c1cn2ccc(Cl)cc2n1. The van der Waals surface area contributed by atoms with Crippen LogP contribution in [-0.4, -0.2) is 9.38 Å². The number of hydrogen-bond donors (Lipinski definition) is 1. The zero-order chi connectivity index (χ0) is 11.8. The highest BCUT2D eigenvalue weighted by Gasteiger charge is 2.06. The van der Waals surface area contributed by atoms with Crippen molar-refractivity contribution in [2.24, 2.45) is 0 Å². The van der Waals surface area contributed by atoms with Gasteiger partial charge in [0.2, 0.25) is 0 Å². The maximum Gasteiger partial charge on any atom is 0.138 e. The number of para-hydroxylation sites is 1. The van der Waals surface area contributed by atoms with Crippen molar-refractivity contribution in [1.29, 1.82) is 0 Å². The first-order valence-electron chi connectivity index (χ1n) is 5.23. The number of imidazole rings is 1. The Labute approximate surface area is 103 Å². The molecular weight excluding hydrogens is 234 g/mol. The summed E-state index contributed by atoms with van der Waals surface area (Å²) < 4.78 is 1.92. The van der Waals surface area contributed by atoms with Gasteiger partial charge in [0, 0.05) is 34.7 Å². The molecule has 0 atom stereocenters. The Bertz CT molecular complexity index is 688. The summed E-state index contributed by atoms with van der Waals surface area (Å²) in [6.45, 7) is 0. The summed E-state index contributed by atoms with van der Waals surface area (Å²) in [7, 11) is 0. The van der Waals surface area contributed by atoms with Crippen molar-refractivity contribution in [2.45, 2.75) is 0 Å². The molecule has 2 N–H and O–H groups in total. The Morgan fingerprint density at radius 3 is 2.82 bits per heavy atom. The van der Waals surface area contributed by atoms with Crippen LogP contribution in [0.25, 0.3) is 16.9 Å². The number of fused-ring (bicyclic) bond motifs is 1. The molecule has 0 aliphatic rings. The zero-order valence-corrected chi connectivity index (χ0v) is 9.72. The number of rotatable bonds is 1. The number of nitrogen functional groups attached to an aromatic ring is 1. The maximum absolute atomic E-state index is 5.93.